The summed E-state index contributed by atoms with van der Waals surface area (Å²) in [4.78, 5) is 4.44. The van der Waals surface area contributed by atoms with E-state index < -0.39 is 0 Å². The molecule has 1 aliphatic heterocycles. The van der Waals surface area contributed by atoms with Crippen LogP contribution >= 0.6 is 0 Å². The number of aromatic amines is 1. The number of nitrogens with one attached hydrogen (secondary N) is 1. The van der Waals surface area contributed by atoms with E-state index in [9.17, 15) is 5.26 Å². The third kappa shape index (κ3) is 2.32. The van der Waals surface area contributed by atoms with Gasteiger partial charge in [0.05, 0.1) is 17.0 Å². The maximum Gasteiger partial charge on any atom is 0.244 e. The van der Waals surface area contributed by atoms with Gasteiger partial charge in [-0.15, -0.1) is 5.10 Å². The highest BCUT2D eigenvalue weighted by Gasteiger charge is 2.38. The standard InChI is InChI=1S/C20H19N5O/c1-20(2,3)17-16-15(13(10-21)18(22)26-19(16)25-24-17)12-8-9-23-14-7-5-4-6-11(12)14/h4-9,15H,22H2,1-3H3,(H,24,25)/t15-/m0/s1. The number of hydrogen-bond acceptors (Lipinski definition) is 5. The van der Waals surface area contributed by atoms with Crippen molar-refractivity contribution in [3.8, 4) is 11.9 Å². The van der Waals surface area contributed by atoms with Crippen molar-refractivity contribution >= 4 is 10.9 Å². The lowest BCUT2D eigenvalue weighted by Crippen LogP contribution is -2.24. The lowest BCUT2D eigenvalue weighted by atomic mass is 9.78. The zero-order chi connectivity index (χ0) is 18.5. The first-order chi connectivity index (χ1) is 12.4. The van der Waals surface area contributed by atoms with Gasteiger partial charge in [-0.2, -0.15) is 5.26 Å². The van der Waals surface area contributed by atoms with Gasteiger partial charge >= 0.3 is 0 Å². The normalized spacial score (nSPS) is 16.9. The van der Waals surface area contributed by atoms with Gasteiger partial charge < -0.3 is 10.5 Å². The Balaban J connectivity index is 2.06. The Bertz CT molecular complexity index is 1080. The van der Waals surface area contributed by atoms with E-state index in [-0.39, 0.29) is 17.2 Å². The minimum Gasteiger partial charge on any atom is -0.420 e. The SMILES string of the molecule is CC(C)(C)c1[nH]nc2c1[C@@H](c1ccnc3ccccc13)C(C#N)=C(N)O2. The molecule has 3 heterocycles. The van der Waals surface area contributed by atoms with Gasteiger partial charge in [0, 0.05) is 22.7 Å². The van der Waals surface area contributed by atoms with Crippen LogP contribution in [0.5, 0.6) is 5.88 Å². The van der Waals surface area contributed by atoms with E-state index in [2.05, 4.69) is 42.0 Å². The first kappa shape index (κ1) is 16.2. The first-order valence-electron chi connectivity index (χ1n) is 8.41. The molecule has 26 heavy (non-hydrogen) atoms. The van der Waals surface area contributed by atoms with Crippen LogP contribution in [0.15, 0.2) is 48.0 Å². The minimum absolute atomic E-state index is 0.0952. The van der Waals surface area contributed by atoms with Gasteiger partial charge in [-0.1, -0.05) is 39.0 Å². The number of para-hydroxylation sites is 1. The zero-order valence-corrected chi connectivity index (χ0v) is 14.9. The predicted molar refractivity (Wildman–Crippen MR) is 98.3 cm³/mol. The lowest BCUT2D eigenvalue weighted by Gasteiger charge is -2.28. The Labute approximate surface area is 151 Å². The molecular formula is C20H19N5O. The number of nitrogens with zero attached hydrogens (tertiary/aromatic N) is 3. The summed E-state index contributed by atoms with van der Waals surface area (Å²) in [6, 6.07) is 12.1. The van der Waals surface area contributed by atoms with E-state index in [1.54, 1.807) is 6.20 Å². The number of pyridine rings is 1. The monoisotopic (exact) mass is 345 g/mol. The number of rotatable bonds is 1. The molecule has 0 saturated heterocycles. The minimum atomic E-state index is -0.357. The van der Waals surface area contributed by atoms with Crippen LogP contribution in [-0.4, -0.2) is 15.2 Å². The van der Waals surface area contributed by atoms with Crippen molar-refractivity contribution in [1.82, 2.24) is 15.2 Å². The number of H-pyrrole nitrogens is 1. The zero-order valence-electron chi connectivity index (χ0n) is 14.9. The van der Waals surface area contributed by atoms with Crippen LogP contribution in [0.2, 0.25) is 0 Å². The van der Waals surface area contributed by atoms with Crippen LogP contribution in [0.25, 0.3) is 10.9 Å². The number of hydrogen-bond donors (Lipinski definition) is 2. The molecule has 0 unspecified atom stereocenters. The molecule has 0 aliphatic carbocycles. The van der Waals surface area contributed by atoms with Crippen molar-refractivity contribution in [3.63, 3.8) is 0 Å². The van der Waals surface area contributed by atoms with Crippen LogP contribution in [0.4, 0.5) is 0 Å². The molecule has 0 fully saturated rings. The van der Waals surface area contributed by atoms with Crippen molar-refractivity contribution in [2.75, 3.05) is 0 Å². The fourth-order valence-electron chi connectivity index (χ4n) is 3.50. The average molecular weight is 345 g/mol. The fraction of sp³-hybridized carbons (Fsp3) is 0.250. The number of nitrogens with two attached hydrogens (primary N) is 1. The van der Waals surface area contributed by atoms with Crippen LogP contribution in [-0.2, 0) is 5.41 Å². The molecule has 4 rings (SSSR count). The van der Waals surface area contributed by atoms with Crippen LogP contribution in [0.3, 0.4) is 0 Å². The topological polar surface area (TPSA) is 101 Å². The summed E-state index contributed by atoms with van der Waals surface area (Å²) < 4.78 is 5.65. The molecule has 1 aromatic carbocycles. The van der Waals surface area contributed by atoms with Gasteiger partial charge in [-0.3, -0.25) is 10.1 Å². The summed E-state index contributed by atoms with van der Waals surface area (Å²) >= 11 is 0. The third-order valence-electron chi connectivity index (χ3n) is 4.68. The van der Waals surface area contributed by atoms with Gasteiger partial charge in [-0.25, -0.2) is 0 Å². The van der Waals surface area contributed by atoms with Gasteiger partial charge in [0.2, 0.25) is 11.8 Å². The first-order valence-corrected chi connectivity index (χ1v) is 8.41. The lowest BCUT2D eigenvalue weighted by molar-refractivity contribution is 0.378. The largest absolute Gasteiger partial charge is 0.420 e. The Morgan fingerprint density at radius 3 is 2.73 bits per heavy atom. The van der Waals surface area contributed by atoms with E-state index in [0.29, 0.717) is 11.5 Å². The van der Waals surface area contributed by atoms with Crippen molar-refractivity contribution < 1.29 is 4.74 Å². The van der Waals surface area contributed by atoms with E-state index in [4.69, 9.17) is 10.5 Å². The molecule has 3 N–H and O–H groups in total. The van der Waals surface area contributed by atoms with Crippen molar-refractivity contribution in [2.24, 2.45) is 5.73 Å². The summed E-state index contributed by atoms with van der Waals surface area (Å²) in [5.41, 5.74) is 9.88. The molecule has 0 radical (unpaired) electrons. The Kier molecular flexibility index (Phi) is 3.48. The van der Waals surface area contributed by atoms with Gasteiger partial charge in [0.25, 0.3) is 0 Å². The number of nitriles is 1. The predicted octanol–water partition coefficient (Wildman–Crippen LogP) is 3.47. The second-order valence-corrected chi connectivity index (χ2v) is 7.41. The van der Waals surface area contributed by atoms with Gasteiger partial charge in [-0.05, 0) is 17.7 Å². The molecular weight excluding hydrogens is 326 g/mol. The highest BCUT2D eigenvalue weighted by Crippen LogP contribution is 2.46. The summed E-state index contributed by atoms with van der Waals surface area (Å²) in [5, 5.41) is 18.2. The van der Waals surface area contributed by atoms with Crippen molar-refractivity contribution in [3.05, 3.63) is 64.8 Å². The molecule has 6 heteroatoms. The molecule has 0 bridgehead atoms. The van der Waals surface area contributed by atoms with Crippen LogP contribution < -0.4 is 10.5 Å². The molecule has 0 amide bonds. The molecule has 0 saturated carbocycles. The van der Waals surface area contributed by atoms with Crippen LogP contribution in [0, 0.1) is 11.3 Å². The summed E-state index contributed by atoms with van der Waals surface area (Å²) in [5.74, 6) is 0.166. The maximum atomic E-state index is 9.81. The highest BCUT2D eigenvalue weighted by atomic mass is 16.5. The van der Waals surface area contributed by atoms with E-state index in [1.807, 2.05) is 30.3 Å². The smallest absolute Gasteiger partial charge is 0.244 e. The summed E-state index contributed by atoms with van der Waals surface area (Å²) in [7, 11) is 0. The average Bonchev–Trinajstić information content (AvgIpc) is 3.03. The number of fused-ring (bicyclic) bond motifs is 2. The fourth-order valence-corrected chi connectivity index (χ4v) is 3.50. The Morgan fingerprint density at radius 1 is 1.23 bits per heavy atom. The molecule has 0 spiro atoms. The number of aromatic nitrogens is 3. The Morgan fingerprint density at radius 2 is 2.00 bits per heavy atom. The molecule has 3 aromatic rings. The quantitative estimate of drug-likeness (QED) is 0.703. The van der Waals surface area contributed by atoms with E-state index in [0.717, 1.165) is 27.7 Å². The highest BCUT2D eigenvalue weighted by molar-refractivity contribution is 5.84. The van der Waals surface area contributed by atoms with E-state index >= 15 is 0 Å². The second kappa shape index (κ2) is 5.60. The second-order valence-electron chi connectivity index (χ2n) is 7.41. The Hall–Kier alpha value is -3.33. The molecule has 130 valence electrons. The maximum absolute atomic E-state index is 9.81. The number of allylic oxidation sites excluding steroid dienone is 1. The summed E-state index contributed by atoms with van der Waals surface area (Å²) in [6.07, 6.45) is 1.76. The third-order valence-corrected chi connectivity index (χ3v) is 4.68. The van der Waals surface area contributed by atoms with Crippen molar-refractivity contribution in [2.45, 2.75) is 32.1 Å². The number of ether oxygens (including phenoxy) is 1. The van der Waals surface area contributed by atoms with Gasteiger partial charge in [0.1, 0.15) is 11.6 Å². The molecule has 2 aromatic heterocycles. The summed E-state index contributed by atoms with van der Waals surface area (Å²) in [6.45, 7) is 6.28. The molecule has 1 atom stereocenters. The van der Waals surface area contributed by atoms with Gasteiger partial charge in [0.15, 0.2) is 0 Å². The molecule has 6 nitrogen and oxygen atoms in total. The van der Waals surface area contributed by atoms with E-state index in [1.165, 1.54) is 0 Å². The number of benzene rings is 1. The molecule has 1 aliphatic rings. The van der Waals surface area contributed by atoms with Crippen LogP contribution in [0.1, 0.15) is 43.5 Å². The van der Waals surface area contributed by atoms with Crippen molar-refractivity contribution in [1.29, 1.82) is 5.26 Å².